The van der Waals surface area contributed by atoms with Crippen LogP contribution >= 0.6 is 51.5 Å². The first kappa shape index (κ1) is 25.2. The molecule has 0 unspecified atom stereocenters. The van der Waals surface area contributed by atoms with E-state index in [4.69, 9.17) is 33.3 Å². The van der Waals surface area contributed by atoms with Crippen LogP contribution in [0.3, 0.4) is 0 Å². The number of nitrogens with one attached hydrogen (secondary N) is 1. The molecule has 0 aliphatic carbocycles. The molecule has 0 atom stereocenters. The van der Waals surface area contributed by atoms with E-state index in [-0.39, 0.29) is 4.32 Å². The van der Waals surface area contributed by atoms with E-state index < -0.39 is 11.8 Å². The maximum absolute atomic E-state index is 12.9. The summed E-state index contributed by atoms with van der Waals surface area (Å²) in [6.07, 6.45) is 1.68. The first-order chi connectivity index (χ1) is 16.9. The highest BCUT2D eigenvalue weighted by molar-refractivity contribution is 9.10. The average molecular weight is 590 g/mol. The van der Waals surface area contributed by atoms with Crippen molar-refractivity contribution in [3.05, 3.63) is 97.8 Å². The van der Waals surface area contributed by atoms with Crippen LogP contribution in [0.15, 0.2) is 76.1 Å². The molecule has 2 amide bonds. The second-order valence-electron chi connectivity index (χ2n) is 7.27. The van der Waals surface area contributed by atoms with Gasteiger partial charge in [0.05, 0.1) is 16.5 Å². The number of thiocarbonyl (C=S) groups is 1. The molecule has 1 aliphatic heterocycles. The first-order valence-corrected chi connectivity index (χ1v) is 12.6. The number of halogens is 2. The van der Waals surface area contributed by atoms with Crippen molar-refractivity contribution in [3.63, 3.8) is 0 Å². The van der Waals surface area contributed by atoms with E-state index in [2.05, 4.69) is 21.4 Å². The second-order valence-corrected chi connectivity index (χ2v) is 10.2. The van der Waals surface area contributed by atoms with Crippen molar-refractivity contribution in [2.75, 3.05) is 7.11 Å². The molecule has 6 nitrogen and oxygen atoms in total. The minimum absolute atomic E-state index is 0.236. The van der Waals surface area contributed by atoms with E-state index in [9.17, 15) is 9.59 Å². The summed E-state index contributed by atoms with van der Waals surface area (Å²) in [5.74, 6) is 0.187. The van der Waals surface area contributed by atoms with Crippen LogP contribution in [0.25, 0.3) is 6.08 Å². The number of rotatable bonds is 7. The highest BCUT2D eigenvalue weighted by atomic mass is 79.9. The lowest BCUT2D eigenvalue weighted by Gasteiger charge is -2.15. The Balaban J connectivity index is 1.51. The Morgan fingerprint density at radius 3 is 2.57 bits per heavy atom. The van der Waals surface area contributed by atoms with Gasteiger partial charge < -0.3 is 9.47 Å². The molecule has 3 aromatic rings. The summed E-state index contributed by atoms with van der Waals surface area (Å²) in [6.45, 7) is 0.325. The quantitative estimate of drug-likeness (QED) is 0.260. The maximum Gasteiger partial charge on any atom is 0.285 e. The number of methoxy groups -OCH3 is 1. The molecule has 1 fully saturated rings. The van der Waals surface area contributed by atoms with Gasteiger partial charge in [0.2, 0.25) is 0 Å². The number of hydrogen-bond donors (Lipinski definition) is 1. The fourth-order valence-corrected chi connectivity index (χ4v) is 5.05. The Bertz CT molecular complexity index is 1320. The van der Waals surface area contributed by atoms with Crippen molar-refractivity contribution in [3.8, 4) is 11.5 Å². The molecule has 0 spiro atoms. The number of benzene rings is 3. The van der Waals surface area contributed by atoms with Crippen LogP contribution in [0.4, 0.5) is 0 Å². The highest BCUT2D eigenvalue weighted by Gasteiger charge is 2.34. The largest absolute Gasteiger partial charge is 0.493 e. The number of amides is 2. The van der Waals surface area contributed by atoms with Crippen molar-refractivity contribution < 1.29 is 19.1 Å². The zero-order valence-electron chi connectivity index (χ0n) is 18.3. The lowest BCUT2D eigenvalue weighted by molar-refractivity contribution is -0.123. The summed E-state index contributed by atoms with van der Waals surface area (Å²) in [5.41, 5.74) is 4.64. The molecular formula is C25H18BrClN2O4S2. The minimum Gasteiger partial charge on any atom is -0.493 e. The third-order valence-corrected chi connectivity index (χ3v) is 7.03. The number of hydrogen-bond acceptors (Lipinski definition) is 6. The third kappa shape index (κ3) is 6.05. The van der Waals surface area contributed by atoms with E-state index in [1.807, 2.05) is 18.2 Å². The van der Waals surface area contributed by atoms with E-state index >= 15 is 0 Å². The van der Waals surface area contributed by atoms with E-state index in [1.165, 1.54) is 0 Å². The number of nitrogens with zero attached hydrogens (tertiary/aromatic N) is 1. The Labute approximate surface area is 225 Å². The van der Waals surface area contributed by atoms with Crippen LogP contribution < -0.4 is 14.9 Å². The fourth-order valence-electron chi connectivity index (χ4n) is 3.17. The van der Waals surface area contributed by atoms with Gasteiger partial charge >= 0.3 is 0 Å². The zero-order chi connectivity index (χ0) is 24.9. The molecule has 35 heavy (non-hydrogen) atoms. The summed E-state index contributed by atoms with van der Waals surface area (Å²) in [6, 6.07) is 19.5. The topological polar surface area (TPSA) is 67.9 Å². The SMILES string of the molecule is COc1cc(/C=C2\SC(=S)N(NC(=O)c3ccccc3)C2=O)cc(Br)c1OCc1ccc(Cl)cc1. The van der Waals surface area contributed by atoms with Crippen molar-refractivity contribution in [1.82, 2.24) is 10.4 Å². The number of ether oxygens (including phenoxy) is 2. The van der Waals surface area contributed by atoms with Crippen LogP contribution in [-0.2, 0) is 11.4 Å². The first-order valence-electron chi connectivity index (χ1n) is 10.2. The molecule has 0 saturated carbocycles. The smallest absolute Gasteiger partial charge is 0.285 e. The molecule has 1 aliphatic rings. The Hall–Kier alpha value is -2.85. The molecule has 1 heterocycles. The molecule has 178 valence electrons. The molecule has 1 N–H and O–H groups in total. The predicted molar refractivity (Wildman–Crippen MR) is 145 cm³/mol. The van der Waals surface area contributed by atoms with Gasteiger partial charge in [-0.2, -0.15) is 5.01 Å². The van der Waals surface area contributed by atoms with Crippen LogP contribution in [0.2, 0.25) is 5.02 Å². The number of carbonyl (C=O) groups excluding carboxylic acids is 2. The van der Waals surface area contributed by atoms with Gasteiger partial charge in [0.15, 0.2) is 15.8 Å². The summed E-state index contributed by atoms with van der Waals surface area (Å²) in [5, 5.41) is 1.73. The van der Waals surface area contributed by atoms with Crippen LogP contribution in [0.1, 0.15) is 21.5 Å². The Kier molecular flexibility index (Phi) is 8.12. The molecule has 10 heteroatoms. The Morgan fingerprint density at radius 2 is 1.89 bits per heavy atom. The van der Waals surface area contributed by atoms with Crippen molar-refractivity contribution in [1.29, 1.82) is 0 Å². The van der Waals surface area contributed by atoms with Crippen molar-refractivity contribution in [2.45, 2.75) is 6.61 Å². The van der Waals surface area contributed by atoms with Crippen LogP contribution in [0, 0.1) is 0 Å². The summed E-state index contributed by atoms with van der Waals surface area (Å²) < 4.78 is 12.4. The van der Waals surface area contributed by atoms with E-state index in [0.29, 0.717) is 43.6 Å². The fraction of sp³-hybridized carbons (Fsp3) is 0.0800. The van der Waals surface area contributed by atoms with Crippen molar-refractivity contribution >= 4 is 73.7 Å². The third-order valence-electron chi connectivity index (χ3n) is 4.89. The van der Waals surface area contributed by atoms with E-state index in [1.54, 1.807) is 61.7 Å². The van der Waals surface area contributed by atoms with Gasteiger partial charge in [0, 0.05) is 10.6 Å². The summed E-state index contributed by atoms with van der Waals surface area (Å²) in [7, 11) is 1.54. The predicted octanol–water partition coefficient (Wildman–Crippen LogP) is 6.24. The second kappa shape index (κ2) is 11.3. The molecule has 1 saturated heterocycles. The number of carbonyl (C=O) groups is 2. The monoisotopic (exact) mass is 588 g/mol. The van der Waals surface area contributed by atoms with Crippen LogP contribution in [0.5, 0.6) is 11.5 Å². The molecule has 0 aromatic heterocycles. The van der Waals surface area contributed by atoms with Crippen LogP contribution in [-0.4, -0.2) is 28.3 Å². The van der Waals surface area contributed by atoms with E-state index in [0.717, 1.165) is 22.3 Å². The minimum atomic E-state index is -0.422. The standard InChI is InChI=1S/C25H18BrClN2O4S2/c1-32-20-12-16(11-19(26)22(20)33-14-15-7-9-18(27)10-8-15)13-21-24(31)29(25(34)35-21)28-23(30)17-5-3-2-4-6-17/h2-13H,14H2,1H3,(H,28,30)/b21-13-. The van der Waals surface area contributed by atoms with Gasteiger partial charge in [0.1, 0.15) is 6.61 Å². The Morgan fingerprint density at radius 1 is 1.17 bits per heavy atom. The molecule has 3 aromatic carbocycles. The number of thioether (sulfide) groups is 1. The zero-order valence-corrected chi connectivity index (χ0v) is 22.3. The van der Waals surface area contributed by atoms with Crippen molar-refractivity contribution in [2.24, 2.45) is 0 Å². The molecule has 0 bridgehead atoms. The lowest BCUT2D eigenvalue weighted by atomic mass is 10.1. The van der Waals surface area contributed by atoms with Gasteiger partial charge in [0.25, 0.3) is 11.8 Å². The average Bonchev–Trinajstić information content (AvgIpc) is 3.11. The van der Waals surface area contributed by atoms with Gasteiger partial charge in [-0.25, -0.2) is 0 Å². The molecular weight excluding hydrogens is 572 g/mol. The normalized spacial score (nSPS) is 14.4. The van der Waals surface area contributed by atoms with Gasteiger partial charge in [-0.3, -0.25) is 15.0 Å². The van der Waals surface area contributed by atoms with Gasteiger partial charge in [-0.1, -0.05) is 53.7 Å². The maximum atomic E-state index is 12.9. The van der Waals surface area contributed by atoms with Gasteiger partial charge in [-0.15, -0.1) is 0 Å². The lowest BCUT2D eigenvalue weighted by Crippen LogP contribution is -2.44. The number of hydrazine groups is 1. The molecule has 4 rings (SSSR count). The molecule has 0 radical (unpaired) electrons. The van der Waals surface area contributed by atoms with Gasteiger partial charge in [-0.05, 0) is 81.7 Å². The summed E-state index contributed by atoms with van der Waals surface area (Å²) in [4.78, 5) is 25.8. The highest BCUT2D eigenvalue weighted by Crippen LogP contribution is 2.39. The summed E-state index contributed by atoms with van der Waals surface area (Å²) >= 11 is 15.9.